The molecule has 6 aromatic rings. The molecule has 3 heterocycles. The van der Waals surface area contributed by atoms with E-state index >= 15 is 0 Å². The number of hydrogen-bond donors (Lipinski definition) is 2. The number of aliphatic hydroxyl groups excluding tert-OH is 1. The number of amides is 1. The molecule has 2 N–H and O–H groups in total. The van der Waals surface area contributed by atoms with Crippen molar-refractivity contribution in [3.8, 4) is 22.6 Å². The van der Waals surface area contributed by atoms with Crippen LogP contribution in [-0.4, -0.2) is 32.8 Å². The molecule has 1 amide bonds. The maximum Gasteiger partial charge on any atom is 0.257 e. The molecule has 0 saturated carbocycles. The van der Waals surface area contributed by atoms with E-state index in [2.05, 4.69) is 17.2 Å². The number of nitrogens with zero attached hydrogens (tertiary/aromatic N) is 2. The van der Waals surface area contributed by atoms with Gasteiger partial charge in [-0.1, -0.05) is 116 Å². The van der Waals surface area contributed by atoms with Crippen molar-refractivity contribution >= 4 is 23.4 Å². The van der Waals surface area contributed by atoms with Gasteiger partial charge in [-0.2, -0.15) is 0 Å². The molecule has 8 nitrogen and oxygen atoms in total. The summed E-state index contributed by atoms with van der Waals surface area (Å²) >= 11 is 1.52. The van der Waals surface area contributed by atoms with Crippen LogP contribution in [0.5, 0.6) is 0 Å². The summed E-state index contributed by atoms with van der Waals surface area (Å²) in [6, 6.07) is 38.9. The fraction of sp³-hybridized carbons (Fsp3) is 0.175. The van der Waals surface area contributed by atoms with Crippen molar-refractivity contribution in [2.75, 3.05) is 11.1 Å². The molecular weight excluding hydrogens is 635 g/mol. The highest BCUT2D eigenvalue weighted by molar-refractivity contribution is 7.99. The number of carbonyl (C=O) groups is 1. The van der Waals surface area contributed by atoms with Crippen LogP contribution in [-0.2, 0) is 16.1 Å². The Morgan fingerprint density at radius 3 is 2.18 bits per heavy atom. The maximum atomic E-state index is 12.7. The van der Waals surface area contributed by atoms with Gasteiger partial charge in [-0.05, 0) is 35.4 Å². The Labute approximate surface area is 289 Å². The summed E-state index contributed by atoms with van der Waals surface area (Å²) in [6.07, 6.45) is 2.01. The van der Waals surface area contributed by atoms with Crippen LogP contribution in [0.4, 0.5) is 5.69 Å². The van der Waals surface area contributed by atoms with Gasteiger partial charge in [-0.15, -0.1) is 0 Å². The highest BCUT2D eigenvalue weighted by Crippen LogP contribution is 2.44. The Morgan fingerprint density at radius 2 is 1.51 bits per heavy atom. The first-order chi connectivity index (χ1) is 24.1. The molecule has 49 heavy (non-hydrogen) atoms. The zero-order valence-corrected chi connectivity index (χ0v) is 27.6. The van der Waals surface area contributed by atoms with E-state index in [-0.39, 0.29) is 30.6 Å². The number of pyridine rings is 1. The topological polar surface area (TPSA) is 107 Å². The average Bonchev–Trinajstić information content (AvgIpc) is 3.60. The number of oxazole rings is 1. The summed E-state index contributed by atoms with van der Waals surface area (Å²) in [5, 5.41) is 13.1. The van der Waals surface area contributed by atoms with Crippen LogP contribution in [0.3, 0.4) is 0 Å². The van der Waals surface area contributed by atoms with Gasteiger partial charge in [0.05, 0.1) is 24.4 Å². The van der Waals surface area contributed by atoms with Crippen molar-refractivity contribution in [1.82, 2.24) is 9.97 Å². The molecule has 0 bridgehead atoms. The minimum atomic E-state index is -0.656. The van der Waals surface area contributed by atoms with E-state index in [9.17, 15) is 9.90 Å². The molecule has 1 saturated heterocycles. The van der Waals surface area contributed by atoms with Crippen LogP contribution in [0.25, 0.3) is 22.6 Å². The third kappa shape index (κ3) is 7.50. The Bertz CT molecular complexity index is 1910. The Balaban J connectivity index is 1.13. The number of ether oxygens (including phenoxy) is 2. The van der Waals surface area contributed by atoms with Crippen molar-refractivity contribution in [2.24, 2.45) is 5.92 Å². The van der Waals surface area contributed by atoms with E-state index in [1.54, 1.807) is 18.3 Å². The number of rotatable bonds is 10. The van der Waals surface area contributed by atoms with E-state index in [0.29, 0.717) is 22.2 Å². The first-order valence-electron chi connectivity index (χ1n) is 16.1. The van der Waals surface area contributed by atoms with Crippen LogP contribution in [0.2, 0.25) is 0 Å². The Hall–Kier alpha value is -5.06. The van der Waals surface area contributed by atoms with Gasteiger partial charge >= 0.3 is 0 Å². The highest BCUT2D eigenvalue weighted by atomic mass is 32.2. The first kappa shape index (κ1) is 32.5. The number of nitrogens with one attached hydrogen (secondary N) is 1. The fourth-order valence-corrected chi connectivity index (χ4v) is 6.81. The van der Waals surface area contributed by atoms with Gasteiger partial charge in [0, 0.05) is 46.4 Å². The fourth-order valence-electron chi connectivity index (χ4n) is 5.83. The number of benzene rings is 4. The van der Waals surface area contributed by atoms with Crippen molar-refractivity contribution < 1.29 is 23.8 Å². The normalized spacial score (nSPS) is 19.0. The van der Waals surface area contributed by atoms with Crippen molar-refractivity contribution in [2.45, 2.75) is 37.3 Å². The standard InChI is InChI=1S/C40H35N3O5S/c1-26-34(25-49-40-43-35(28-9-4-2-5-10-28)37(48-40)29-11-6-3-7-12-29)46-39(47-36(26)30-16-14-27(24-44)15-17-30)31-18-20-33(21-19-31)42-38(45)32-13-8-22-41-23-32/h2-23,26,34,36,39,44H,24-25H2,1H3,(H,42,45). The number of hydrogen-bond acceptors (Lipinski definition) is 8. The van der Waals surface area contributed by atoms with Crippen molar-refractivity contribution in [3.63, 3.8) is 0 Å². The molecule has 9 heteroatoms. The molecule has 4 unspecified atom stereocenters. The van der Waals surface area contributed by atoms with Gasteiger partial charge in [0.2, 0.25) is 0 Å². The number of thioether (sulfide) groups is 1. The third-order valence-electron chi connectivity index (χ3n) is 8.55. The monoisotopic (exact) mass is 669 g/mol. The first-order valence-corrected chi connectivity index (χ1v) is 17.1. The van der Waals surface area contributed by atoms with Gasteiger partial charge < -0.3 is 24.3 Å². The molecule has 1 aliphatic rings. The average molecular weight is 670 g/mol. The quantitative estimate of drug-likeness (QED) is 0.140. The SMILES string of the molecule is CC1C(CSc2nc(-c3ccccc3)c(-c3ccccc3)o2)OC(c2ccc(NC(=O)c3cccnc3)cc2)OC1c1ccc(CO)cc1. The lowest BCUT2D eigenvalue weighted by Gasteiger charge is -2.41. The largest absolute Gasteiger partial charge is 0.431 e. The molecule has 1 fully saturated rings. The molecule has 0 aliphatic carbocycles. The van der Waals surface area contributed by atoms with E-state index in [0.717, 1.165) is 39.3 Å². The molecule has 7 rings (SSSR count). The lowest BCUT2D eigenvalue weighted by atomic mass is 9.91. The number of aromatic nitrogens is 2. The molecule has 246 valence electrons. The minimum absolute atomic E-state index is 0.0149. The smallest absolute Gasteiger partial charge is 0.257 e. The van der Waals surface area contributed by atoms with Crippen molar-refractivity contribution in [3.05, 3.63) is 156 Å². The van der Waals surface area contributed by atoms with Gasteiger partial charge in [0.1, 0.15) is 5.69 Å². The lowest BCUT2D eigenvalue weighted by molar-refractivity contribution is -0.268. The number of carbonyl (C=O) groups excluding carboxylic acids is 1. The molecule has 0 radical (unpaired) electrons. The highest BCUT2D eigenvalue weighted by Gasteiger charge is 2.38. The van der Waals surface area contributed by atoms with Crippen LogP contribution in [0.15, 0.2) is 143 Å². The van der Waals surface area contributed by atoms with Gasteiger partial charge in [0.25, 0.3) is 11.1 Å². The molecule has 2 aromatic heterocycles. The minimum Gasteiger partial charge on any atom is -0.431 e. The van der Waals surface area contributed by atoms with Crippen LogP contribution in [0, 0.1) is 5.92 Å². The number of anilines is 1. The summed E-state index contributed by atoms with van der Waals surface area (Å²) in [7, 11) is 0. The van der Waals surface area contributed by atoms with Crippen LogP contribution < -0.4 is 5.32 Å². The van der Waals surface area contributed by atoms with Crippen LogP contribution in [0.1, 0.15) is 46.4 Å². The summed E-state index contributed by atoms with van der Waals surface area (Å²) < 4.78 is 19.7. The maximum absolute atomic E-state index is 12.7. The van der Waals surface area contributed by atoms with E-state index in [1.165, 1.54) is 18.0 Å². The summed E-state index contributed by atoms with van der Waals surface area (Å²) in [4.78, 5) is 21.6. The van der Waals surface area contributed by atoms with E-state index in [4.69, 9.17) is 18.9 Å². The molecular formula is C40H35N3O5S. The lowest BCUT2D eigenvalue weighted by Crippen LogP contribution is -2.38. The number of aliphatic hydroxyl groups is 1. The van der Waals surface area contributed by atoms with Gasteiger partial charge in [-0.3, -0.25) is 9.78 Å². The summed E-state index contributed by atoms with van der Waals surface area (Å²) in [5.74, 6) is 1.05. The second kappa shape index (κ2) is 15.0. The molecule has 1 aliphatic heterocycles. The van der Waals surface area contributed by atoms with Crippen molar-refractivity contribution in [1.29, 1.82) is 0 Å². The van der Waals surface area contributed by atoms with E-state index in [1.807, 2.05) is 109 Å². The second-order valence-electron chi connectivity index (χ2n) is 11.8. The zero-order valence-electron chi connectivity index (χ0n) is 26.8. The summed E-state index contributed by atoms with van der Waals surface area (Å²) in [6.45, 7) is 2.10. The third-order valence-corrected chi connectivity index (χ3v) is 9.47. The zero-order chi connectivity index (χ0) is 33.6. The molecule has 4 aromatic carbocycles. The van der Waals surface area contributed by atoms with Gasteiger partial charge in [-0.25, -0.2) is 4.98 Å². The Kier molecular flexibility index (Phi) is 9.95. The molecule has 0 spiro atoms. The second-order valence-corrected chi connectivity index (χ2v) is 12.8. The Morgan fingerprint density at radius 1 is 0.816 bits per heavy atom. The van der Waals surface area contributed by atoms with Gasteiger partial charge in [0.15, 0.2) is 12.1 Å². The summed E-state index contributed by atoms with van der Waals surface area (Å²) in [5.41, 5.74) is 6.54. The predicted octanol–water partition coefficient (Wildman–Crippen LogP) is 8.73. The van der Waals surface area contributed by atoms with Crippen LogP contribution >= 0.6 is 11.8 Å². The predicted molar refractivity (Wildman–Crippen MR) is 190 cm³/mol. The van der Waals surface area contributed by atoms with E-state index < -0.39 is 6.29 Å². The molecule has 4 atom stereocenters.